The fourth-order valence-corrected chi connectivity index (χ4v) is 4.21. The van der Waals surface area contributed by atoms with Gasteiger partial charge in [-0.3, -0.25) is 0 Å². The molecule has 2 aromatic rings. The smallest absolute Gasteiger partial charge is 0.244 e. The van der Waals surface area contributed by atoms with E-state index in [1.165, 1.54) is 23.6 Å². The van der Waals surface area contributed by atoms with Crippen LogP contribution in [0.5, 0.6) is 0 Å². The minimum absolute atomic E-state index is 0.0952. The molecule has 0 spiro atoms. The van der Waals surface area contributed by atoms with Crippen LogP contribution in [0.25, 0.3) is 0 Å². The minimum atomic E-state index is -3.69. The summed E-state index contributed by atoms with van der Waals surface area (Å²) in [5, 5.41) is 5.29. The number of rotatable bonds is 5. The molecule has 0 amide bonds. The van der Waals surface area contributed by atoms with Crippen LogP contribution in [0.3, 0.4) is 0 Å². The van der Waals surface area contributed by atoms with Crippen molar-refractivity contribution in [2.75, 3.05) is 12.4 Å². The van der Waals surface area contributed by atoms with E-state index in [0.29, 0.717) is 15.3 Å². The van der Waals surface area contributed by atoms with Crippen molar-refractivity contribution in [2.45, 2.75) is 17.9 Å². The second-order valence-corrected chi connectivity index (χ2v) is 7.49. The molecule has 0 fully saturated rings. The number of hydrogen-bond acceptors (Lipinski definition) is 6. The summed E-state index contributed by atoms with van der Waals surface area (Å²) in [6.07, 6.45) is 3.18. The third kappa shape index (κ3) is 3.35. The van der Waals surface area contributed by atoms with Crippen molar-refractivity contribution in [2.24, 2.45) is 0 Å². The molecular weight excluding hydrogens is 364 g/mol. The van der Waals surface area contributed by atoms with Gasteiger partial charge in [0.05, 0.1) is 6.04 Å². The summed E-state index contributed by atoms with van der Waals surface area (Å²) in [5.74, 6) is 0.298. The van der Waals surface area contributed by atoms with Gasteiger partial charge in [0.25, 0.3) is 0 Å². The zero-order valence-electron chi connectivity index (χ0n) is 10.8. The largest absolute Gasteiger partial charge is 0.372 e. The Balaban J connectivity index is 2.33. The Morgan fingerprint density at radius 2 is 2.15 bits per heavy atom. The molecule has 0 saturated heterocycles. The maximum absolute atomic E-state index is 12.4. The Morgan fingerprint density at radius 3 is 2.75 bits per heavy atom. The SMILES string of the molecule is CNc1ncc(Br)cc1S(=O)(=O)NC(C)c1nccs1. The summed E-state index contributed by atoms with van der Waals surface area (Å²) in [6.45, 7) is 1.75. The number of nitrogens with one attached hydrogen (secondary N) is 2. The molecule has 0 saturated carbocycles. The summed E-state index contributed by atoms with van der Waals surface area (Å²) >= 11 is 4.63. The summed E-state index contributed by atoms with van der Waals surface area (Å²) < 4.78 is 28.1. The fourth-order valence-electron chi connectivity index (χ4n) is 1.61. The summed E-state index contributed by atoms with van der Waals surface area (Å²) in [6, 6.07) is 1.11. The summed E-state index contributed by atoms with van der Waals surface area (Å²) in [4.78, 5) is 8.24. The number of nitrogens with zero attached hydrogens (tertiary/aromatic N) is 2. The van der Waals surface area contributed by atoms with Crippen LogP contribution in [-0.4, -0.2) is 25.4 Å². The molecule has 2 rings (SSSR count). The number of aromatic nitrogens is 2. The summed E-state index contributed by atoms with van der Waals surface area (Å²) in [5.41, 5.74) is 0. The average molecular weight is 377 g/mol. The molecule has 20 heavy (non-hydrogen) atoms. The Kier molecular flexibility index (Phi) is 4.74. The lowest BCUT2D eigenvalue weighted by molar-refractivity contribution is 0.566. The zero-order valence-corrected chi connectivity index (χ0v) is 14.0. The first-order valence-corrected chi connectivity index (χ1v) is 8.84. The molecule has 0 aliphatic rings. The number of anilines is 1. The minimum Gasteiger partial charge on any atom is -0.372 e. The van der Waals surface area contributed by atoms with Crippen molar-refractivity contribution in [3.8, 4) is 0 Å². The van der Waals surface area contributed by atoms with Crippen LogP contribution in [-0.2, 0) is 10.0 Å². The van der Waals surface area contributed by atoms with E-state index < -0.39 is 16.1 Å². The molecule has 1 atom stereocenters. The lowest BCUT2D eigenvalue weighted by atomic mass is 10.4. The Morgan fingerprint density at radius 1 is 1.40 bits per heavy atom. The second kappa shape index (κ2) is 6.17. The Labute approximate surface area is 129 Å². The van der Waals surface area contributed by atoms with Crippen molar-refractivity contribution in [1.82, 2.24) is 14.7 Å². The quantitative estimate of drug-likeness (QED) is 0.836. The number of pyridine rings is 1. The van der Waals surface area contributed by atoms with Gasteiger partial charge in [-0.05, 0) is 28.9 Å². The second-order valence-electron chi connectivity index (χ2n) is 3.96. The van der Waals surface area contributed by atoms with E-state index in [1.807, 2.05) is 0 Å². The number of halogens is 1. The topological polar surface area (TPSA) is 84.0 Å². The molecule has 2 heterocycles. The molecule has 0 bridgehead atoms. The predicted octanol–water partition coefficient (Wildman–Crippen LogP) is 2.38. The molecule has 9 heteroatoms. The van der Waals surface area contributed by atoms with Gasteiger partial charge >= 0.3 is 0 Å². The van der Waals surface area contributed by atoms with E-state index in [9.17, 15) is 8.42 Å². The van der Waals surface area contributed by atoms with Gasteiger partial charge in [-0.1, -0.05) is 0 Å². The standard InChI is InChI=1S/C11H13BrN4O2S2/c1-7(11-14-3-4-19-11)16-20(17,18)9-5-8(12)6-15-10(9)13-2/h3-7,16H,1-2H3,(H,13,15). The predicted molar refractivity (Wildman–Crippen MR) is 82.3 cm³/mol. The number of hydrogen-bond donors (Lipinski definition) is 2. The molecule has 0 radical (unpaired) electrons. The van der Waals surface area contributed by atoms with Gasteiger partial charge in [0.2, 0.25) is 10.0 Å². The van der Waals surface area contributed by atoms with E-state index in [1.54, 1.807) is 25.5 Å². The van der Waals surface area contributed by atoms with Gasteiger partial charge in [0.1, 0.15) is 15.7 Å². The highest BCUT2D eigenvalue weighted by Gasteiger charge is 2.23. The molecular formula is C11H13BrN4O2S2. The zero-order chi connectivity index (χ0) is 14.8. The van der Waals surface area contributed by atoms with Crippen LogP contribution in [0.1, 0.15) is 18.0 Å². The molecule has 0 aliphatic carbocycles. The van der Waals surface area contributed by atoms with E-state index in [-0.39, 0.29) is 4.90 Å². The lowest BCUT2D eigenvalue weighted by Gasteiger charge is -2.14. The number of thiazole rings is 1. The van der Waals surface area contributed by atoms with E-state index in [2.05, 4.69) is 35.9 Å². The highest BCUT2D eigenvalue weighted by Crippen LogP contribution is 2.25. The van der Waals surface area contributed by atoms with Crippen LogP contribution in [0.2, 0.25) is 0 Å². The average Bonchev–Trinajstić information content (AvgIpc) is 2.92. The van der Waals surface area contributed by atoms with Crippen molar-refractivity contribution in [3.05, 3.63) is 33.3 Å². The Hall–Kier alpha value is -1.03. The van der Waals surface area contributed by atoms with Gasteiger partial charge in [-0.25, -0.2) is 23.1 Å². The first-order valence-electron chi connectivity index (χ1n) is 5.69. The highest BCUT2D eigenvalue weighted by molar-refractivity contribution is 9.10. The van der Waals surface area contributed by atoms with Crippen molar-refractivity contribution in [1.29, 1.82) is 0 Å². The Bertz CT molecular complexity index is 688. The molecule has 2 aromatic heterocycles. The monoisotopic (exact) mass is 376 g/mol. The number of sulfonamides is 1. The van der Waals surface area contributed by atoms with Crippen LogP contribution in [0.4, 0.5) is 5.82 Å². The fraction of sp³-hybridized carbons (Fsp3) is 0.273. The molecule has 2 N–H and O–H groups in total. The van der Waals surface area contributed by atoms with Crippen LogP contribution in [0, 0.1) is 0 Å². The van der Waals surface area contributed by atoms with Crippen molar-refractivity contribution < 1.29 is 8.42 Å². The van der Waals surface area contributed by atoms with E-state index >= 15 is 0 Å². The van der Waals surface area contributed by atoms with Gasteiger partial charge in [-0.15, -0.1) is 11.3 Å². The first-order chi connectivity index (χ1) is 9.44. The molecule has 1 unspecified atom stereocenters. The normalized spacial score (nSPS) is 13.2. The van der Waals surface area contributed by atoms with Crippen molar-refractivity contribution in [3.63, 3.8) is 0 Å². The van der Waals surface area contributed by atoms with E-state index in [4.69, 9.17) is 0 Å². The van der Waals surface area contributed by atoms with Gasteiger partial charge in [0, 0.05) is 29.3 Å². The maximum atomic E-state index is 12.4. The maximum Gasteiger partial charge on any atom is 0.244 e. The lowest BCUT2D eigenvalue weighted by Crippen LogP contribution is -2.27. The third-order valence-electron chi connectivity index (χ3n) is 2.50. The van der Waals surface area contributed by atoms with Gasteiger partial charge < -0.3 is 5.32 Å². The van der Waals surface area contributed by atoms with Gasteiger partial charge in [0.15, 0.2) is 0 Å². The summed E-state index contributed by atoms with van der Waals surface area (Å²) in [7, 11) is -2.06. The molecule has 6 nitrogen and oxygen atoms in total. The highest BCUT2D eigenvalue weighted by atomic mass is 79.9. The third-order valence-corrected chi connectivity index (χ3v) is 5.45. The van der Waals surface area contributed by atoms with Crippen LogP contribution < -0.4 is 10.0 Å². The first kappa shape index (κ1) is 15.4. The van der Waals surface area contributed by atoms with Crippen molar-refractivity contribution >= 4 is 43.1 Å². The van der Waals surface area contributed by atoms with Crippen LogP contribution >= 0.6 is 27.3 Å². The molecule has 0 aliphatic heterocycles. The van der Waals surface area contributed by atoms with E-state index in [0.717, 1.165) is 0 Å². The molecule has 0 aromatic carbocycles. The van der Waals surface area contributed by atoms with Gasteiger partial charge in [-0.2, -0.15) is 0 Å². The molecule has 108 valence electrons. The van der Waals surface area contributed by atoms with Crippen LogP contribution in [0.15, 0.2) is 33.2 Å².